The molecule has 0 saturated carbocycles. The molecular weight excluding hydrogens is 786 g/mol. The van der Waals surface area contributed by atoms with E-state index in [4.69, 9.17) is 14.2 Å². The minimum absolute atomic E-state index is 0.0237. The van der Waals surface area contributed by atoms with Gasteiger partial charge in [0, 0.05) is 57.4 Å². The van der Waals surface area contributed by atoms with Gasteiger partial charge in [0.1, 0.15) is 47.5 Å². The molecule has 4 heterocycles. The minimum Gasteiger partial charge on any atom is -0.491 e. The van der Waals surface area contributed by atoms with Crippen LogP contribution in [0.15, 0.2) is 59.5 Å². The van der Waals surface area contributed by atoms with E-state index < -0.39 is 46.3 Å². The van der Waals surface area contributed by atoms with Crippen molar-refractivity contribution in [2.45, 2.75) is 44.4 Å². The van der Waals surface area contributed by atoms with Gasteiger partial charge in [0.2, 0.25) is 11.0 Å². The first-order valence-corrected chi connectivity index (χ1v) is 19.2. The van der Waals surface area contributed by atoms with Crippen LogP contribution in [0.2, 0.25) is 0 Å². The van der Waals surface area contributed by atoms with E-state index in [-0.39, 0.29) is 47.4 Å². The van der Waals surface area contributed by atoms with Crippen molar-refractivity contribution in [3.63, 3.8) is 0 Å². The molecule has 1 N–H and O–H groups in total. The number of anilines is 2. The number of rotatable bonds is 14. The second kappa shape index (κ2) is 17.9. The zero-order chi connectivity index (χ0) is 41.6. The third kappa shape index (κ3) is 9.39. The number of amides is 3. The Morgan fingerprint density at radius 2 is 1.55 bits per heavy atom. The standard InChI is InChI=1S/C38H41F3N8O8S/c1-37(2)35(53)47(27-4-3-25(23-42)30(21-27)38(39,40)41)36(58-54)48(37)26-5-7-28(8-6-26)57-20-19-55-17-15-45-11-13-46(14-12-45)16-18-56-29-22-33(51)49(43-24-29)31-9-10-32(50)44-34(31)52/h3-8,21-22,24,31H,9-20H2,1-2H3,(H,44,50,52). The maximum atomic E-state index is 13.7. The van der Waals surface area contributed by atoms with Crippen LogP contribution in [0.3, 0.4) is 0 Å². The molecular formula is C38H41F3N8O8S. The van der Waals surface area contributed by atoms with Crippen LogP contribution in [0.4, 0.5) is 24.5 Å². The highest BCUT2D eigenvalue weighted by molar-refractivity contribution is 7.67. The zero-order valence-electron chi connectivity index (χ0n) is 31.7. The Morgan fingerprint density at radius 3 is 2.17 bits per heavy atom. The third-order valence-corrected chi connectivity index (χ3v) is 10.5. The van der Waals surface area contributed by atoms with E-state index in [9.17, 15) is 41.8 Å². The van der Waals surface area contributed by atoms with Crippen molar-refractivity contribution in [1.82, 2.24) is 24.9 Å². The topological polar surface area (TPSA) is 180 Å². The first kappa shape index (κ1) is 42.0. The fourth-order valence-electron chi connectivity index (χ4n) is 6.90. The van der Waals surface area contributed by atoms with E-state index in [1.54, 1.807) is 38.1 Å². The number of carbonyl (C=O) groups is 3. The number of ether oxygens (including phenoxy) is 3. The van der Waals surface area contributed by atoms with Crippen LogP contribution in [0, 0.1) is 11.3 Å². The summed E-state index contributed by atoms with van der Waals surface area (Å²) in [5.74, 6) is -0.698. The SMILES string of the molecule is CC1(C)C(=O)N(c2ccc(C#N)c(C(F)(F)F)c2)C(=S=O)N1c1ccc(OCCOCCN2CCN(CCOc3cnn(C4CCC(=O)NC4=O)c(=O)c3)CC2)cc1. The lowest BCUT2D eigenvalue weighted by molar-refractivity contribution is -0.138. The maximum Gasteiger partial charge on any atom is 0.417 e. The molecule has 20 heteroatoms. The van der Waals surface area contributed by atoms with Gasteiger partial charge in [-0.2, -0.15) is 23.5 Å². The van der Waals surface area contributed by atoms with Crippen LogP contribution < -0.4 is 30.1 Å². The van der Waals surface area contributed by atoms with Gasteiger partial charge in [-0.1, -0.05) is 0 Å². The van der Waals surface area contributed by atoms with Crippen molar-refractivity contribution in [3.8, 4) is 17.6 Å². The van der Waals surface area contributed by atoms with Gasteiger partial charge in [0.05, 0.1) is 42.3 Å². The summed E-state index contributed by atoms with van der Waals surface area (Å²) in [7, 11) is 0. The summed E-state index contributed by atoms with van der Waals surface area (Å²) in [6.07, 6.45) is -3.08. The molecule has 0 aliphatic carbocycles. The Labute approximate surface area is 334 Å². The predicted molar refractivity (Wildman–Crippen MR) is 204 cm³/mol. The fourth-order valence-corrected chi connectivity index (χ4v) is 7.57. The van der Waals surface area contributed by atoms with Crippen molar-refractivity contribution < 1.29 is 46.0 Å². The Kier molecular flexibility index (Phi) is 13.0. The molecule has 2 aromatic carbocycles. The van der Waals surface area contributed by atoms with Gasteiger partial charge in [-0.3, -0.25) is 39.2 Å². The summed E-state index contributed by atoms with van der Waals surface area (Å²) in [5.41, 5.74) is -3.33. The second-order valence-electron chi connectivity index (χ2n) is 14.2. The van der Waals surface area contributed by atoms with Crippen LogP contribution in [0.5, 0.6) is 11.5 Å². The lowest BCUT2D eigenvalue weighted by Crippen LogP contribution is -2.48. The van der Waals surface area contributed by atoms with E-state index in [1.807, 2.05) is 0 Å². The van der Waals surface area contributed by atoms with Gasteiger partial charge in [0.15, 0.2) is 0 Å². The Balaban J connectivity index is 0.896. The van der Waals surface area contributed by atoms with Crippen molar-refractivity contribution in [3.05, 3.63) is 76.2 Å². The number of benzene rings is 2. The lowest BCUT2D eigenvalue weighted by Gasteiger charge is -2.34. The van der Waals surface area contributed by atoms with E-state index in [1.165, 1.54) is 29.3 Å². The van der Waals surface area contributed by atoms with Crippen LogP contribution in [-0.4, -0.2) is 118 Å². The monoisotopic (exact) mass is 826 g/mol. The minimum atomic E-state index is -4.84. The molecule has 0 bridgehead atoms. The van der Waals surface area contributed by atoms with Crippen LogP contribution in [0.1, 0.15) is 43.9 Å². The number of nitriles is 1. The zero-order valence-corrected chi connectivity index (χ0v) is 32.5. The molecule has 3 amide bonds. The molecule has 3 aliphatic rings. The molecule has 1 aromatic heterocycles. The number of aromatic nitrogens is 2. The summed E-state index contributed by atoms with van der Waals surface area (Å²) in [6, 6.07) is 11.5. The fraction of sp³-hybridized carbons (Fsp3) is 0.447. The molecule has 3 aliphatic heterocycles. The molecule has 16 nitrogen and oxygen atoms in total. The smallest absolute Gasteiger partial charge is 0.417 e. The molecule has 0 radical (unpaired) electrons. The first-order chi connectivity index (χ1) is 27.7. The van der Waals surface area contributed by atoms with E-state index in [0.717, 1.165) is 48.4 Å². The van der Waals surface area contributed by atoms with Gasteiger partial charge in [-0.25, -0.2) is 8.89 Å². The summed E-state index contributed by atoms with van der Waals surface area (Å²) < 4.78 is 71.9. The Morgan fingerprint density at radius 1 is 0.897 bits per heavy atom. The van der Waals surface area contributed by atoms with E-state index >= 15 is 0 Å². The maximum absolute atomic E-state index is 13.7. The molecule has 3 aromatic rings. The molecule has 308 valence electrons. The Bertz CT molecular complexity index is 2180. The number of halogens is 3. The third-order valence-electron chi connectivity index (χ3n) is 10.0. The highest BCUT2D eigenvalue weighted by atomic mass is 32.1. The summed E-state index contributed by atoms with van der Waals surface area (Å²) in [4.78, 5) is 56.5. The number of imide groups is 1. The van der Waals surface area contributed by atoms with Gasteiger partial charge in [0.25, 0.3) is 17.4 Å². The number of nitrogens with zero attached hydrogens (tertiary/aromatic N) is 7. The lowest BCUT2D eigenvalue weighted by atomic mass is 10.0. The number of alkyl halides is 3. The number of hydrogen-bond acceptors (Lipinski definition) is 12. The highest BCUT2D eigenvalue weighted by Gasteiger charge is 2.51. The van der Waals surface area contributed by atoms with Gasteiger partial charge >= 0.3 is 6.18 Å². The molecule has 58 heavy (non-hydrogen) atoms. The van der Waals surface area contributed by atoms with Crippen molar-refractivity contribution in [2.24, 2.45) is 0 Å². The quantitative estimate of drug-likeness (QED) is 0.142. The van der Waals surface area contributed by atoms with Crippen LogP contribution in [0.25, 0.3) is 0 Å². The molecule has 3 fully saturated rings. The average molecular weight is 827 g/mol. The number of piperazine rings is 1. The predicted octanol–water partition coefficient (Wildman–Crippen LogP) is 2.14. The van der Waals surface area contributed by atoms with Crippen molar-refractivity contribution in [2.75, 3.05) is 75.5 Å². The highest BCUT2D eigenvalue weighted by Crippen LogP contribution is 2.39. The van der Waals surface area contributed by atoms with Crippen LogP contribution in [-0.2, 0) is 36.6 Å². The van der Waals surface area contributed by atoms with Crippen LogP contribution >= 0.6 is 0 Å². The molecule has 1 unspecified atom stereocenters. The summed E-state index contributed by atoms with van der Waals surface area (Å²) in [5, 5.41) is 15.3. The van der Waals surface area contributed by atoms with Crippen molar-refractivity contribution >= 4 is 45.5 Å². The number of nitrogens with one attached hydrogen (secondary N) is 1. The largest absolute Gasteiger partial charge is 0.491 e. The normalized spacial score (nSPS) is 18.9. The number of carbonyl (C=O) groups excluding carboxylic acids is 3. The first-order valence-electron chi connectivity index (χ1n) is 18.4. The summed E-state index contributed by atoms with van der Waals surface area (Å²) >= 11 is -0.0237. The second-order valence-corrected chi connectivity index (χ2v) is 14.7. The molecule has 0 spiro atoms. The molecule has 3 saturated heterocycles. The average Bonchev–Trinajstić information content (AvgIpc) is 3.40. The summed E-state index contributed by atoms with van der Waals surface area (Å²) in [6.45, 7) is 9.37. The number of hydrogen-bond donors (Lipinski definition) is 1. The van der Waals surface area contributed by atoms with E-state index in [2.05, 4.69) is 20.2 Å². The van der Waals surface area contributed by atoms with Gasteiger partial charge in [-0.05, 0) is 62.7 Å². The van der Waals surface area contributed by atoms with Gasteiger partial charge in [-0.15, -0.1) is 0 Å². The number of piperidine rings is 1. The molecule has 1 atom stereocenters. The van der Waals surface area contributed by atoms with Gasteiger partial charge < -0.3 is 19.1 Å². The Hall–Kier alpha value is -5.62. The van der Waals surface area contributed by atoms with E-state index in [0.29, 0.717) is 49.6 Å². The van der Waals surface area contributed by atoms with Crippen molar-refractivity contribution in [1.29, 1.82) is 5.26 Å². The molecule has 6 rings (SSSR count).